The molecule has 1 unspecified atom stereocenters. The first-order valence-corrected chi connectivity index (χ1v) is 10.7. The molecule has 7 heteroatoms. The van der Waals surface area contributed by atoms with Gasteiger partial charge in [0.2, 0.25) is 0 Å². The fourth-order valence-electron chi connectivity index (χ4n) is 4.15. The van der Waals surface area contributed by atoms with Crippen LogP contribution in [0.5, 0.6) is 5.75 Å². The molecule has 1 aromatic carbocycles. The molecule has 1 saturated carbocycles. The zero-order chi connectivity index (χ0) is 21.0. The molecule has 0 radical (unpaired) electrons. The lowest BCUT2D eigenvalue weighted by atomic mass is 9.75. The van der Waals surface area contributed by atoms with Gasteiger partial charge >= 0.3 is 13.2 Å². The zero-order valence-electron chi connectivity index (χ0n) is 18.4. The first kappa shape index (κ1) is 20.5. The van der Waals surface area contributed by atoms with E-state index in [1.54, 1.807) is 4.90 Å². The van der Waals surface area contributed by atoms with Crippen LogP contribution in [0.2, 0.25) is 0 Å². The average molecular weight is 401 g/mol. The molecule has 0 spiro atoms. The number of carbonyl (C=O) groups excluding carboxylic acids is 1. The van der Waals surface area contributed by atoms with Crippen molar-refractivity contribution in [3.63, 3.8) is 0 Å². The van der Waals surface area contributed by atoms with E-state index in [4.69, 9.17) is 18.8 Å². The molecular weight excluding hydrogens is 369 g/mol. The van der Waals surface area contributed by atoms with Crippen LogP contribution in [-0.4, -0.2) is 43.7 Å². The van der Waals surface area contributed by atoms with Gasteiger partial charge in [-0.3, -0.25) is 4.90 Å². The van der Waals surface area contributed by atoms with Crippen molar-refractivity contribution < 1.29 is 23.6 Å². The highest BCUT2D eigenvalue weighted by atomic mass is 16.7. The van der Waals surface area contributed by atoms with Gasteiger partial charge in [-0.25, -0.2) is 4.79 Å². The number of methoxy groups -OCH3 is 1. The molecule has 158 valence electrons. The van der Waals surface area contributed by atoms with Gasteiger partial charge in [0.05, 0.1) is 30.1 Å². The van der Waals surface area contributed by atoms with E-state index in [-0.39, 0.29) is 18.2 Å². The number of amides is 1. The van der Waals surface area contributed by atoms with E-state index in [9.17, 15) is 4.79 Å². The quantitative estimate of drug-likeness (QED) is 0.721. The summed E-state index contributed by atoms with van der Waals surface area (Å²) >= 11 is 0. The number of nitrogens with zero attached hydrogens (tertiary/aromatic N) is 1. The molecule has 29 heavy (non-hydrogen) atoms. The van der Waals surface area contributed by atoms with Crippen LogP contribution in [0, 0.1) is 0 Å². The molecule has 1 amide bonds. The smallest absolute Gasteiger partial charge is 0.490 e. The second-order valence-corrected chi connectivity index (χ2v) is 9.47. The number of anilines is 1. The highest BCUT2D eigenvalue weighted by molar-refractivity contribution is 6.63. The van der Waals surface area contributed by atoms with E-state index in [1.165, 1.54) is 13.5 Å². The van der Waals surface area contributed by atoms with Crippen LogP contribution in [0.3, 0.4) is 0 Å². The topological polar surface area (TPSA) is 57.2 Å². The number of hydrogen-bond donors (Lipinski definition) is 0. The van der Waals surface area contributed by atoms with E-state index >= 15 is 0 Å². The van der Waals surface area contributed by atoms with E-state index < -0.39 is 18.3 Å². The number of ether oxygens (including phenoxy) is 2. The molecule has 0 bridgehead atoms. The summed E-state index contributed by atoms with van der Waals surface area (Å²) in [7, 11) is 0.930. The molecule has 0 N–H and O–H groups in total. The van der Waals surface area contributed by atoms with Crippen molar-refractivity contribution in [3.05, 3.63) is 17.7 Å². The van der Waals surface area contributed by atoms with Gasteiger partial charge in [0, 0.05) is 17.1 Å². The minimum Gasteiger partial charge on any atom is -0.490 e. The van der Waals surface area contributed by atoms with Crippen LogP contribution < -0.4 is 15.1 Å². The Hall–Kier alpha value is -1.73. The van der Waals surface area contributed by atoms with Crippen LogP contribution >= 0.6 is 0 Å². The Morgan fingerprint density at radius 3 is 2.34 bits per heavy atom. The summed E-state index contributed by atoms with van der Waals surface area (Å²) in [5.74, 6) is 0.825. The molecule has 3 aliphatic rings. The lowest BCUT2D eigenvalue weighted by Crippen LogP contribution is -2.44. The van der Waals surface area contributed by atoms with Crippen LogP contribution in [0.1, 0.15) is 65.9 Å². The van der Waals surface area contributed by atoms with E-state index in [0.29, 0.717) is 0 Å². The summed E-state index contributed by atoms with van der Waals surface area (Å²) in [6.45, 7) is 10.3. The minimum absolute atomic E-state index is 0.0780. The maximum atomic E-state index is 12.5. The van der Waals surface area contributed by atoms with Gasteiger partial charge in [0.25, 0.3) is 0 Å². The summed E-state index contributed by atoms with van der Waals surface area (Å²) in [6.07, 6.45) is 4.89. The third kappa shape index (κ3) is 3.42. The molecule has 1 saturated heterocycles. The Balaban J connectivity index is 1.78. The van der Waals surface area contributed by atoms with Crippen molar-refractivity contribution in [3.8, 4) is 5.75 Å². The van der Waals surface area contributed by atoms with Crippen molar-refractivity contribution in [2.24, 2.45) is 0 Å². The number of fused-ring (bicyclic) bond motifs is 1. The van der Waals surface area contributed by atoms with Gasteiger partial charge in [-0.1, -0.05) is 6.07 Å². The standard InChI is InChI=1S/C22H32BNO5/c1-14-10-11-16-18(24(14)20(25)26-6)13-12-17(19(16)27-15-8-7-9-15)23-28-21(2,3)22(4,5)29-23/h12-15H,7-11H2,1-6H3. The average Bonchev–Trinajstić information content (AvgIpc) is 2.84. The maximum Gasteiger partial charge on any atom is 0.498 e. The molecule has 6 nitrogen and oxygen atoms in total. The first-order chi connectivity index (χ1) is 13.6. The van der Waals surface area contributed by atoms with Crippen LogP contribution in [0.4, 0.5) is 10.5 Å². The van der Waals surface area contributed by atoms with Crippen molar-refractivity contribution in [1.29, 1.82) is 0 Å². The van der Waals surface area contributed by atoms with Gasteiger partial charge in [-0.2, -0.15) is 0 Å². The fraction of sp³-hybridized carbons (Fsp3) is 0.682. The van der Waals surface area contributed by atoms with E-state index in [1.807, 2.05) is 12.1 Å². The van der Waals surface area contributed by atoms with E-state index in [0.717, 1.165) is 48.1 Å². The third-order valence-corrected chi connectivity index (χ3v) is 6.99. The second kappa shape index (κ2) is 7.20. The Morgan fingerprint density at radius 1 is 1.14 bits per heavy atom. The van der Waals surface area contributed by atoms with Crippen LogP contribution in [0.25, 0.3) is 0 Å². The van der Waals surface area contributed by atoms with Gasteiger partial charge in [0.15, 0.2) is 0 Å². The van der Waals surface area contributed by atoms with Crippen molar-refractivity contribution >= 4 is 24.4 Å². The lowest BCUT2D eigenvalue weighted by Gasteiger charge is -2.37. The Morgan fingerprint density at radius 2 is 1.79 bits per heavy atom. The monoisotopic (exact) mass is 401 g/mol. The van der Waals surface area contributed by atoms with Crippen molar-refractivity contribution in [2.45, 2.75) is 90.1 Å². The Kier molecular flexibility index (Phi) is 5.10. The molecule has 4 rings (SSSR count). The molecule has 2 aliphatic heterocycles. The van der Waals surface area contributed by atoms with Gasteiger partial charge < -0.3 is 18.8 Å². The molecule has 2 fully saturated rings. The molecule has 1 atom stereocenters. The molecule has 0 aromatic heterocycles. The van der Waals surface area contributed by atoms with Crippen LogP contribution in [-0.2, 0) is 20.5 Å². The van der Waals surface area contributed by atoms with Gasteiger partial charge in [0.1, 0.15) is 5.75 Å². The number of carbonyl (C=O) groups is 1. The first-order valence-electron chi connectivity index (χ1n) is 10.7. The number of benzene rings is 1. The van der Waals surface area contributed by atoms with Crippen molar-refractivity contribution in [1.82, 2.24) is 0 Å². The predicted molar refractivity (Wildman–Crippen MR) is 113 cm³/mol. The Bertz CT molecular complexity index is 789. The van der Waals surface area contributed by atoms with Gasteiger partial charge in [-0.05, 0) is 72.8 Å². The summed E-state index contributed by atoms with van der Waals surface area (Å²) in [5, 5.41) is 0. The second-order valence-electron chi connectivity index (χ2n) is 9.47. The third-order valence-electron chi connectivity index (χ3n) is 6.99. The summed E-state index contributed by atoms with van der Waals surface area (Å²) in [6, 6.07) is 4.05. The summed E-state index contributed by atoms with van der Waals surface area (Å²) in [4.78, 5) is 14.2. The fourth-order valence-corrected chi connectivity index (χ4v) is 4.15. The molecule has 1 aromatic rings. The van der Waals surface area contributed by atoms with E-state index in [2.05, 4.69) is 34.6 Å². The SMILES string of the molecule is COC(=O)N1c2ccc(B3OC(C)(C)C(C)(C)O3)c(OC3CCC3)c2CCC1C. The predicted octanol–water partition coefficient (Wildman–Crippen LogP) is 3.82. The number of rotatable bonds is 3. The number of hydrogen-bond acceptors (Lipinski definition) is 5. The van der Waals surface area contributed by atoms with Crippen LogP contribution in [0.15, 0.2) is 12.1 Å². The summed E-state index contributed by atoms with van der Waals surface area (Å²) in [5.41, 5.74) is 1.98. The zero-order valence-corrected chi connectivity index (χ0v) is 18.4. The van der Waals surface area contributed by atoms with Crippen molar-refractivity contribution in [2.75, 3.05) is 12.0 Å². The Labute approximate surface area is 174 Å². The van der Waals surface area contributed by atoms with Gasteiger partial charge in [-0.15, -0.1) is 0 Å². The molecule has 1 aliphatic carbocycles. The highest BCUT2D eigenvalue weighted by Crippen LogP contribution is 2.41. The summed E-state index contributed by atoms with van der Waals surface area (Å²) < 4.78 is 24.2. The lowest BCUT2D eigenvalue weighted by molar-refractivity contribution is 0.00578. The maximum absolute atomic E-state index is 12.5. The highest BCUT2D eigenvalue weighted by Gasteiger charge is 2.53. The largest absolute Gasteiger partial charge is 0.498 e. The minimum atomic E-state index is -0.494. The molecule has 2 heterocycles. The normalized spacial score (nSPS) is 25.4. The molecular formula is C22H32BNO5.